The number of fused-ring (bicyclic) bond motifs is 6. The van der Waals surface area contributed by atoms with Crippen LogP contribution in [0.15, 0.2) is 168 Å². The maximum absolute atomic E-state index is 8.44. The Kier molecular flexibility index (Phi) is 5.54. The second-order valence-electron chi connectivity index (χ2n) is 12.0. The van der Waals surface area contributed by atoms with Gasteiger partial charge in [0, 0.05) is 47.6 Å². The molecule has 3 aromatic heterocycles. The zero-order valence-corrected chi connectivity index (χ0v) is 27.2. The van der Waals surface area contributed by atoms with Gasteiger partial charge in [-0.2, -0.15) is 0 Å². The van der Waals surface area contributed by atoms with Crippen LogP contribution in [0.3, 0.4) is 0 Å². The molecule has 3 heterocycles. The molecule has 5 heteroatoms. The number of rotatable bonds is 5. The Morgan fingerprint density at radius 3 is 1.96 bits per heavy atom. The van der Waals surface area contributed by atoms with Crippen molar-refractivity contribution in [3.63, 3.8) is 0 Å². The topological polar surface area (TPSA) is 51.8 Å². The third kappa shape index (κ3) is 4.79. The van der Waals surface area contributed by atoms with Crippen molar-refractivity contribution in [2.45, 2.75) is 0 Å². The summed E-state index contributed by atoms with van der Waals surface area (Å²) in [6.07, 6.45) is 0. The summed E-state index contributed by atoms with van der Waals surface area (Å²) in [5.74, 6) is 1.41. The third-order valence-electron chi connectivity index (χ3n) is 9.05. The largest absolute Gasteiger partial charge is 0.456 e. The molecule has 0 saturated carbocycles. The number of aromatic nitrogens is 3. The van der Waals surface area contributed by atoms with E-state index < -0.39 is 6.04 Å². The smallest absolute Gasteiger partial charge is 0.164 e. The molecule has 10 aromatic rings. The Morgan fingerprint density at radius 2 is 1.12 bits per heavy atom. The Bertz CT molecular complexity index is 3130. The normalized spacial score (nSPS) is 13.0. The zero-order valence-electron chi connectivity index (χ0n) is 31.4. The zero-order chi connectivity index (χ0) is 37.4. The van der Waals surface area contributed by atoms with E-state index in [4.69, 9.17) is 26.2 Å². The molecule has 10 rings (SSSR count). The summed E-state index contributed by atoms with van der Waals surface area (Å²) in [5.41, 5.74) is 6.66. The van der Waals surface area contributed by atoms with E-state index in [0.29, 0.717) is 28.6 Å². The lowest BCUT2D eigenvalue weighted by Crippen LogP contribution is -2.00. The molecular formula is C45H27N3OS. The number of hydrogen-bond donors (Lipinski definition) is 0. The summed E-state index contributed by atoms with van der Waals surface area (Å²) in [5, 5.41) is 4.35. The second kappa shape index (κ2) is 11.6. The van der Waals surface area contributed by atoms with Crippen molar-refractivity contribution in [3.05, 3.63) is 164 Å². The average molecular weight is 663 g/mol. The molecule has 0 amide bonds. The molecule has 0 spiro atoms. The molecule has 0 aliphatic rings. The number of nitrogens with zero attached hydrogens (tertiary/aromatic N) is 3. The van der Waals surface area contributed by atoms with Crippen molar-refractivity contribution >= 4 is 53.4 Å². The highest BCUT2D eigenvalue weighted by Gasteiger charge is 2.19. The Labute approximate surface area is 299 Å². The molecule has 7 aromatic carbocycles. The molecule has 4 nitrogen and oxygen atoms in total. The van der Waals surface area contributed by atoms with Crippen LogP contribution in [-0.2, 0) is 0 Å². The fourth-order valence-electron chi connectivity index (χ4n) is 6.68. The minimum Gasteiger partial charge on any atom is -0.456 e. The van der Waals surface area contributed by atoms with Crippen molar-refractivity contribution in [3.8, 4) is 56.4 Å². The predicted molar refractivity (Wildman–Crippen MR) is 207 cm³/mol. The maximum atomic E-state index is 8.44. The van der Waals surface area contributed by atoms with Gasteiger partial charge in [-0.25, -0.2) is 15.0 Å². The molecule has 234 valence electrons. The van der Waals surface area contributed by atoms with Crippen LogP contribution in [0.25, 0.3) is 98.5 Å². The summed E-state index contributed by atoms with van der Waals surface area (Å²) < 4.78 is 50.2. The van der Waals surface area contributed by atoms with Gasteiger partial charge in [0.2, 0.25) is 0 Å². The summed E-state index contributed by atoms with van der Waals surface area (Å²) in [6, 6.07) is 42.4. The van der Waals surface area contributed by atoms with Gasteiger partial charge in [0.1, 0.15) is 11.2 Å². The van der Waals surface area contributed by atoms with Crippen LogP contribution in [0.2, 0.25) is 0 Å². The van der Waals surface area contributed by atoms with Crippen molar-refractivity contribution < 1.29 is 11.3 Å². The quantitative estimate of drug-likeness (QED) is 0.184. The van der Waals surface area contributed by atoms with Gasteiger partial charge in [0.05, 0.1) is 6.85 Å². The first-order chi connectivity index (χ1) is 26.8. The summed E-state index contributed by atoms with van der Waals surface area (Å²) in [7, 11) is 0. The van der Waals surface area contributed by atoms with E-state index in [1.807, 2.05) is 48.5 Å². The molecule has 0 bridgehead atoms. The summed E-state index contributed by atoms with van der Waals surface area (Å²) in [4.78, 5) is 14.9. The van der Waals surface area contributed by atoms with Crippen LogP contribution < -0.4 is 0 Å². The number of hydrogen-bond acceptors (Lipinski definition) is 5. The van der Waals surface area contributed by atoms with Crippen molar-refractivity contribution in [1.29, 1.82) is 0 Å². The van der Waals surface area contributed by atoms with Crippen LogP contribution in [0, 0.1) is 0 Å². The molecule has 0 saturated heterocycles. The molecule has 0 atom stereocenters. The fourth-order valence-corrected chi connectivity index (χ4v) is 7.91. The van der Waals surface area contributed by atoms with Crippen molar-refractivity contribution in [1.82, 2.24) is 15.0 Å². The lowest BCUT2D eigenvalue weighted by Gasteiger charge is -2.10. The van der Waals surface area contributed by atoms with E-state index in [0.717, 1.165) is 44.2 Å². The van der Waals surface area contributed by atoms with Crippen LogP contribution >= 0.6 is 11.3 Å². The number of furan rings is 1. The van der Waals surface area contributed by atoms with Gasteiger partial charge in [-0.05, 0) is 46.5 Å². The standard InChI is InChI=1S/C45H27N3OS/c1-3-11-28(12-4-1)29-21-23-31(24-22-29)44-46-43(30-13-5-2-6-14-30)47-45(48-44)37-18-10-19-38-41(37)36-26-25-32(27-39(36)49-38)33-16-9-17-35-34-15-7-8-20-40(34)50-42(33)35/h1-27H/i1D,3D,4D,11D,12D. The van der Waals surface area contributed by atoms with Crippen LogP contribution in [0.5, 0.6) is 0 Å². The Hall–Kier alpha value is -6.43. The molecule has 0 N–H and O–H groups in total. The summed E-state index contributed by atoms with van der Waals surface area (Å²) >= 11 is 1.80. The van der Waals surface area contributed by atoms with Crippen LogP contribution in [-0.4, -0.2) is 15.0 Å². The minimum atomic E-state index is -0.424. The van der Waals surface area contributed by atoms with Gasteiger partial charge in [0.15, 0.2) is 17.5 Å². The Balaban J connectivity index is 1.11. The molecular weight excluding hydrogens is 631 g/mol. The molecule has 0 aliphatic carbocycles. The van der Waals surface area contributed by atoms with E-state index in [2.05, 4.69) is 60.7 Å². The van der Waals surface area contributed by atoms with Gasteiger partial charge in [-0.15, -0.1) is 11.3 Å². The van der Waals surface area contributed by atoms with E-state index >= 15 is 0 Å². The highest BCUT2D eigenvalue weighted by molar-refractivity contribution is 7.26. The van der Waals surface area contributed by atoms with Crippen LogP contribution in [0.1, 0.15) is 6.85 Å². The van der Waals surface area contributed by atoms with E-state index in [9.17, 15) is 0 Å². The highest BCUT2D eigenvalue weighted by atomic mass is 32.1. The molecule has 50 heavy (non-hydrogen) atoms. The van der Waals surface area contributed by atoms with E-state index in [-0.39, 0.29) is 29.7 Å². The summed E-state index contributed by atoms with van der Waals surface area (Å²) in [6.45, 7) is 0. The third-order valence-corrected chi connectivity index (χ3v) is 10.3. The van der Waals surface area contributed by atoms with Gasteiger partial charge >= 0.3 is 0 Å². The predicted octanol–water partition coefficient (Wildman–Crippen LogP) is 12.5. The minimum absolute atomic E-state index is 0.140. The van der Waals surface area contributed by atoms with Gasteiger partial charge in [-0.1, -0.05) is 139 Å². The molecule has 0 fully saturated rings. The maximum Gasteiger partial charge on any atom is 0.164 e. The second-order valence-corrected chi connectivity index (χ2v) is 13.1. The van der Waals surface area contributed by atoms with E-state index in [1.165, 1.54) is 20.2 Å². The molecule has 0 aliphatic heterocycles. The van der Waals surface area contributed by atoms with Gasteiger partial charge in [-0.3, -0.25) is 0 Å². The van der Waals surface area contributed by atoms with Gasteiger partial charge < -0.3 is 4.42 Å². The number of thiophene rings is 1. The molecule has 0 radical (unpaired) electrons. The molecule has 0 unspecified atom stereocenters. The van der Waals surface area contributed by atoms with Crippen molar-refractivity contribution in [2.75, 3.05) is 0 Å². The highest BCUT2D eigenvalue weighted by Crippen LogP contribution is 2.42. The van der Waals surface area contributed by atoms with Gasteiger partial charge in [0.25, 0.3) is 0 Å². The average Bonchev–Trinajstić information content (AvgIpc) is 3.81. The first-order valence-corrected chi connectivity index (χ1v) is 17.0. The first-order valence-electron chi connectivity index (χ1n) is 18.7. The lowest BCUT2D eigenvalue weighted by atomic mass is 10.00. The lowest BCUT2D eigenvalue weighted by molar-refractivity contribution is 0.669. The first kappa shape index (κ1) is 23.8. The fraction of sp³-hybridized carbons (Fsp3) is 0. The van der Waals surface area contributed by atoms with Crippen molar-refractivity contribution in [2.24, 2.45) is 0 Å². The SMILES string of the molecule is [2H]c1c([2H])c([2H])c(-c2ccc(-c3nc(-c4ccccc4)nc(-c4cccc5oc6cc(-c7cccc8c7sc7ccccc78)ccc6c45)n3)cc2)c([2H])c1[2H]. The number of benzene rings is 7. The Morgan fingerprint density at radius 1 is 0.460 bits per heavy atom. The van der Waals surface area contributed by atoms with E-state index in [1.54, 1.807) is 35.6 Å². The monoisotopic (exact) mass is 662 g/mol. The van der Waals surface area contributed by atoms with Crippen LogP contribution in [0.4, 0.5) is 0 Å².